The van der Waals surface area contributed by atoms with Crippen molar-refractivity contribution in [3.05, 3.63) is 0 Å². The molecule has 0 aromatic rings. The van der Waals surface area contributed by atoms with E-state index in [2.05, 4.69) is 41.2 Å². The molecule has 3 atom stereocenters. The molecule has 0 bridgehead atoms. The summed E-state index contributed by atoms with van der Waals surface area (Å²) in [6, 6.07) is -4.06. The number of carbonyl (C=O) groups is 5. The molecule has 0 spiro atoms. The summed E-state index contributed by atoms with van der Waals surface area (Å²) in [5.41, 5.74) is 5.12. The lowest BCUT2D eigenvalue weighted by Crippen LogP contribution is -2.57. The Hall–Kier alpha value is -1.99. The van der Waals surface area contributed by atoms with Gasteiger partial charge in [0.15, 0.2) is 0 Å². The molecule has 0 aliphatic rings. The molecule has 0 radical (unpaired) electrons. The summed E-state index contributed by atoms with van der Waals surface area (Å²) < 4.78 is 0. The summed E-state index contributed by atoms with van der Waals surface area (Å²) in [5, 5.41) is 24.2. The number of aliphatic carboxylic acids is 2. The summed E-state index contributed by atoms with van der Waals surface area (Å²) in [7, 11) is 0. The van der Waals surface area contributed by atoms with Gasteiger partial charge in [0.25, 0.3) is 0 Å². The zero-order valence-electron chi connectivity index (χ0n) is 13.0. The predicted molar refractivity (Wildman–Crippen MR) is 92.4 cm³/mol. The van der Waals surface area contributed by atoms with Crippen LogP contribution in [0.1, 0.15) is 6.42 Å². The zero-order valence-corrected chi connectivity index (χ0v) is 14.8. The Kier molecular flexibility index (Phi) is 10.6. The van der Waals surface area contributed by atoms with Crippen LogP contribution < -0.4 is 21.7 Å². The van der Waals surface area contributed by atoms with Crippen LogP contribution in [0.25, 0.3) is 0 Å². The van der Waals surface area contributed by atoms with Crippen molar-refractivity contribution in [2.24, 2.45) is 5.73 Å². The average molecular weight is 396 g/mol. The van der Waals surface area contributed by atoms with E-state index in [-0.39, 0.29) is 18.1 Å². The SMILES string of the molecule is NCC(=O)NC(CS)C(=O)NC(CC(=O)O)C(=O)NC(CS)C(=O)O. The minimum atomic E-state index is -1.55. The smallest absolute Gasteiger partial charge is 0.327 e. The van der Waals surface area contributed by atoms with Crippen LogP contribution in [-0.4, -0.2) is 76.0 Å². The largest absolute Gasteiger partial charge is 0.481 e. The quantitative estimate of drug-likeness (QED) is 0.168. The van der Waals surface area contributed by atoms with Gasteiger partial charge in [-0.25, -0.2) is 4.79 Å². The van der Waals surface area contributed by atoms with Gasteiger partial charge >= 0.3 is 11.9 Å². The molecule has 0 aromatic heterocycles. The van der Waals surface area contributed by atoms with Crippen LogP contribution in [0.2, 0.25) is 0 Å². The van der Waals surface area contributed by atoms with Gasteiger partial charge in [-0.15, -0.1) is 0 Å². The van der Waals surface area contributed by atoms with Crippen LogP contribution in [0.5, 0.6) is 0 Å². The van der Waals surface area contributed by atoms with E-state index in [1.165, 1.54) is 0 Å². The van der Waals surface area contributed by atoms with Gasteiger partial charge in [0, 0.05) is 11.5 Å². The summed E-state index contributed by atoms with van der Waals surface area (Å²) in [6.07, 6.45) is -0.791. The van der Waals surface area contributed by atoms with Crippen LogP contribution in [0, 0.1) is 0 Å². The predicted octanol–water partition coefficient (Wildman–Crippen LogP) is -3.18. The Labute approximate surface area is 153 Å². The van der Waals surface area contributed by atoms with Crippen LogP contribution in [-0.2, 0) is 24.0 Å². The number of nitrogens with one attached hydrogen (secondary N) is 3. The lowest BCUT2D eigenvalue weighted by molar-refractivity contribution is -0.143. The first-order chi connectivity index (χ1) is 11.7. The van der Waals surface area contributed by atoms with Gasteiger partial charge in [-0.1, -0.05) is 0 Å². The molecule has 0 aliphatic carbocycles. The van der Waals surface area contributed by atoms with Gasteiger partial charge in [-0.3, -0.25) is 19.2 Å². The van der Waals surface area contributed by atoms with Crippen LogP contribution in [0.4, 0.5) is 0 Å². The van der Waals surface area contributed by atoms with Gasteiger partial charge < -0.3 is 31.9 Å². The molecule has 7 N–H and O–H groups in total. The highest BCUT2D eigenvalue weighted by molar-refractivity contribution is 7.80. The van der Waals surface area contributed by atoms with E-state index in [9.17, 15) is 24.0 Å². The summed E-state index contributed by atoms with van der Waals surface area (Å²) in [5.74, 6) is -5.65. The normalized spacial score (nSPS) is 13.9. The van der Waals surface area contributed by atoms with Crippen molar-refractivity contribution in [1.29, 1.82) is 0 Å². The Balaban J connectivity index is 5.10. The fraction of sp³-hybridized carbons (Fsp3) is 0.583. The lowest BCUT2D eigenvalue weighted by Gasteiger charge is -2.22. The van der Waals surface area contributed by atoms with Crippen molar-refractivity contribution in [2.45, 2.75) is 24.5 Å². The van der Waals surface area contributed by atoms with Gasteiger partial charge in [-0.2, -0.15) is 25.3 Å². The number of carbonyl (C=O) groups excluding carboxylic acids is 3. The van der Waals surface area contributed by atoms with Gasteiger partial charge in [-0.05, 0) is 0 Å². The molecule has 0 fully saturated rings. The maximum absolute atomic E-state index is 12.1. The minimum absolute atomic E-state index is 0.132. The molecular weight excluding hydrogens is 376 g/mol. The lowest BCUT2D eigenvalue weighted by atomic mass is 10.1. The first-order valence-electron chi connectivity index (χ1n) is 6.92. The number of rotatable bonds is 11. The topological polar surface area (TPSA) is 188 Å². The molecule has 13 heteroatoms. The van der Waals surface area contributed by atoms with Gasteiger partial charge in [0.05, 0.1) is 13.0 Å². The fourth-order valence-corrected chi connectivity index (χ4v) is 2.07. The molecule has 0 aliphatic heterocycles. The number of carboxylic acid groups (broad SMARTS) is 2. The standard InChI is InChI=1S/C12H20N4O7S2/c13-2-8(17)14-6(3-24)11(21)15-5(1-9(18)19)10(20)16-7(4-25)12(22)23/h5-7,24-25H,1-4,13H2,(H,14,17)(H,15,21)(H,16,20)(H,18,19)(H,22,23). The average Bonchev–Trinajstić information content (AvgIpc) is 2.55. The molecule has 0 heterocycles. The van der Waals surface area contributed by atoms with E-state index >= 15 is 0 Å². The van der Waals surface area contributed by atoms with E-state index in [0.29, 0.717) is 0 Å². The van der Waals surface area contributed by atoms with Crippen molar-refractivity contribution >= 4 is 54.9 Å². The van der Waals surface area contributed by atoms with Gasteiger partial charge in [0.1, 0.15) is 18.1 Å². The van der Waals surface area contributed by atoms with E-state index in [0.717, 1.165) is 0 Å². The molecule has 25 heavy (non-hydrogen) atoms. The Morgan fingerprint density at radius 1 is 0.840 bits per heavy atom. The van der Waals surface area contributed by atoms with Crippen LogP contribution in [0.15, 0.2) is 0 Å². The number of hydrogen-bond donors (Lipinski definition) is 8. The number of thiol groups is 2. The number of nitrogens with two attached hydrogens (primary N) is 1. The van der Waals surface area contributed by atoms with Crippen molar-refractivity contribution in [3.8, 4) is 0 Å². The second-order valence-corrected chi connectivity index (χ2v) is 5.48. The minimum Gasteiger partial charge on any atom is -0.481 e. The molecule has 0 saturated carbocycles. The molecular formula is C12H20N4O7S2. The van der Waals surface area contributed by atoms with Gasteiger partial charge in [0.2, 0.25) is 17.7 Å². The molecule has 11 nitrogen and oxygen atoms in total. The van der Waals surface area contributed by atoms with E-state index in [4.69, 9.17) is 15.9 Å². The highest BCUT2D eigenvalue weighted by atomic mass is 32.1. The molecule has 0 aromatic carbocycles. The van der Waals surface area contributed by atoms with Crippen molar-refractivity contribution < 1.29 is 34.2 Å². The number of amides is 3. The molecule has 142 valence electrons. The van der Waals surface area contributed by atoms with Crippen molar-refractivity contribution in [1.82, 2.24) is 16.0 Å². The Bertz CT molecular complexity index is 532. The summed E-state index contributed by atoms with van der Waals surface area (Å²) in [4.78, 5) is 57.2. The fourth-order valence-electron chi connectivity index (χ4n) is 1.56. The number of carboxylic acids is 2. The molecule has 3 unspecified atom stereocenters. The zero-order chi connectivity index (χ0) is 19.6. The third-order valence-electron chi connectivity index (χ3n) is 2.83. The monoisotopic (exact) mass is 396 g/mol. The molecule has 0 saturated heterocycles. The van der Waals surface area contributed by atoms with Crippen molar-refractivity contribution in [2.75, 3.05) is 18.1 Å². The molecule has 3 amide bonds. The highest BCUT2D eigenvalue weighted by Gasteiger charge is 2.30. The maximum atomic E-state index is 12.1. The summed E-state index contributed by atoms with van der Waals surface area (Å²) >= 11 is 7.65. The summed E-state index contributed by atoms with van der Waals surface area (Å²) in [6.45, 7) is -0.376. The Morgan fingerprint density at radius 2 is 1.32 bits per heavy atom. The first kappa shape index (κ1) is 23.0. The third kappa shape index (κ3) is 8.60. The molecule has 0 rings (SSSR count). The van der Waals surface area contributed by atoms with E-state index < -0.39 is 54.2 Å². The number of hydrogen-bond acceptors (Lipinski definition) is 8. The van der Waals surface area contributed by atoms with Crippen LogP contribution >= 0.6 is 25.3 Å². The Morgan fingerprint density at radius 3 is 1.72 bits per heavy atom. The highest BCUT2D eigenvalue weighted by Crippen LogP contribution is 1.99. The second-order valence-electron chi connectivity index (χ2n) is 4.75. The maximum Gasteiger partial charge on any atom is 0.327 e. The second kappa shape index (κ2) is 11.5. The third-order valence-corrected chi connectivity index (χ3v) is 3.56. The first-order valence-corrected chi connectivity index (χ1v) is 8.19. The van der Waals surface area contributed by atoms with E-state index in [1.807, 2.05) is 0 Å². The van der Waals surface area contributed by atoms with E-state index in [1.54, 1.807) is 0 Å². The van der Waals surface area contributed by atoms with Crippen molar-refractivity contribution in [3.63, 3.8) is 0 Å². The van der Waals surface area contributed by atoms with Crippen LogP contribution in [0.3, 0.4) is 0 Å².